The standard InChI is InChI=1S/C23H30N2O2/c1-27-21-13-8-12-20(17-21)22(25-15-5-6-16-25)18-24-23(26)14-7-11-19-9-3-2-4-10-19/h2-4,8-10,12-13,17,22H,5-7,11,14-16,18H2,1H3,(H,24,26)/t22-/m0/s1. The molecule has 0 aliphatic carbocycles. The van der Waals surface area contributed by atoms with Gasteiger partial charge in [0.1, 0.15) is 5.75 Å². The van der Waals surface area contributed by atoms with E-state index in [-0.39, 0.29) is 11.9 Å². The SMILES string of the molecule is COc1cccc([C@H](CNC(=O)CCCc2ccccc2)N2CCCC2)c1. The molecule has 0 unspecified atom stereocenters. The predicted molar refractivity (Wildman–Crippen MR) is 109 cm³/mol. The summed E-state index contributed by atoms with van der Waals surface area (Å²) in [5, 5.41) is 3.16. The summed E-state index contributed by atoms with van der Waals surface area (Å²) in [5.41, 5.74) is 2.50. The van der Waals surface area contributed by atoms with Crippen LogP contribution in [0.3, 0.4) is 0 Å². The zero-order valence-electron chi connectivity index (χ0n) is 16.2. The van der Waals surface area contributed by atoms with Crippen molar-refractivity contribution in [3.63, 3.8) is 0 Å². The minimum Gasteiger partial charge on any atom is -0.497 e. The molecule has 4 nitrogen and oxygen atoms in total. The molecule has 1 atom stereocenters. The molecular weight excluding hydrogens is 336 g/mol. The highest BCUT2D eigenvalue weighted by Crippen LogP contribution is 2.27. The Labute approximate surface area is 162 Å². The summed E-state index contributed by atoms with van der Waals surface area (Å²) in [6.07, 6.45) is 4.85. The van der Waals surface area contributed by atoms with Gasteiger partial charge in [0, 0.05) is 13.0 Å². The van der Waals surface area contributed by atoms with E-state index in [1.807, 2.05) is 30.3 Å². The van der Waals surface area contributed by atoms with Gasteiger partial charge in [0.05, 0.1) is 13.2 Å². The third kappa shape index (κ3) is 5.83. The van der Waals surface area contributed by atoms with Crippen LogP contribution < -0.4 is 10.1 Å². The number of carbonyl (C=O) groups excluding carboxylic acids is 1. The van der Waals surface area contributed by atoms with Crippen LogP contribution in [0.15, 0.2) is 54.6 Å². The van der Waals surface area contributed by atoms with Crippen molar-refractivity contribution >= 4 is 5.91 Å². The number of nitrogens with one attached hydrogen (secondary N) is 1. The van der Waals surface area contributed by atoms with Crippen LogP contribution in [0.4, 0.5) is 0 Å². The minimum atomic E-state index is 0.137. The van der Waals surface area contributed by atoms with Crippen LogP contribution >= 0.6 is 0 Å². The van der Waals surface area contributed by atoms with Gasteiger partial charge in [-0.15, -0.1) is 0 Å². The first-order valence-electron chi connectivity index (χ1n) is 9.95. The zero-order chi connectivity index (χ0) is 18.9. The number of hydrogen-bond donors (Lipinski definition) is 1. The Morgan fingerprint density at radius 1 is 1.11 bits per heavy atom. The number of carbonyl (C=O) groups is 1. The maximum atomic E-state index is 12.4. The highest BCUT2D eigenvalue weighted by molar-refractivity contribution is 5.75. The second kappa shape index (κ2) is 10.1. The van der Waals surface area contributed by atoms with E-state index in [2.05, 4.69) is 34.5 Å². The van der Waals surface area contributed by atoms with Gasteiger partial charge < -0.3 is 10.1 Å². The molecule has 0 saturated carbocycles. The Kier molecular flexibility index (Phi) is 7.28. The van der Waals surface area contributed by atoms with Crippen LogP contribution in [0, 0.1) is 0 Å². The van der Waals surface area contributed by atoms with E-state index in [1.54, 1.807) is 7.11 Å². The van der Waals surface area contributed by atoms with Crippen LogP contribution in [0.25, 0.3) is 0 Å². The van der Waals surface area contributed by atoms with Crippen LogP contribution in [-0.2, 0) is 11.2 Å². The number of aryl methyl sites for hydroxylation is 1. The molecule has 2 aromatic carbocycles. The van der Waals surface area contributed by atoms with Crippen molar-refractivity contribution in [3.05, 3.63) is 65.7 Å². The Balaban J connectivity index is 1.53. The molecule has 3 rings (SSSR count). The number of nitrogens with zero attached hydrogens (tertiary/aromatic N) is 1. The highest BCUT2D eigenvalue weighted by atomic mass is 16.5. The van der Waals surface area contributed by atoms with E-state index >= 15 is 0 Å². The first kappa shape index (κ1) is 19.4. The normalized spacial score (nSPS) is 15.4. The van der Waals surface area contributed by atoms with Crippen molar-refractivity contribution in [1.29, 1.82) is 0 Å². The molecule has 144 valence electrons. The maximum Gasteiger partial charge on any atom is 0.220 e. The summed E-state index contributed by atoms with van der Waals surface area (Å²) in [4.78, 5) is 14.8. The summed E-state index contributed by atoms with van der Waals surface area (Å²) in [7, 11) is 1.69. The minimum absolute atomic E-state index is 0.137. The Bertz CT molecular complexity index is 711. The summed E-state index contributed by atoms with van der Waals surface area (Å²) in [5.74, 6) is 1.00. The molecule has 1 fully saturated rings. The molecule has 0 aromatic heterocycles. The lowest BCUT2D eigenvalue weighted by molar-refractivity contribution is -0.121. The van der Waals surface area contributed by atoms with Gasteiger partial charge in [0.25, 0.3) is 0 Å². The molecule has 1 amide bonds. The topological polar surface area (TPSA) is 41.6 Å². The fourth-order valence-electron chi connectivity index (χ4n) is 3.76. The average molecular weight is 367 g/mol. The Morgan fingerprint density at radius 3 is 2.63 bits per heavy atom. The molecule has 1 heterocycles. The van der Waals surface area contributed by atoms with Gasteiger partial charge >= 0.3 is 0 Å². The van der Waals surface area contributed by atoms with Gasteiger partial charge in [-0.2, -0.15) is 0 Å². The Morgan fingerprint density at radius 2 is 1.89 bits per heavy atom. The summed E-state index contributed by atoms with van der Waals surface area (Å²) in [6.45, 7) is 2.83. The largest absolute Gasteiger partial charge is 0.497 e. The lowest BCUT2D eigenvalue weighted by Gasteiger charge is -2.28. The fraction of sp³-hybridized carbons (Fsp3) is 0.435. The van der Waals surface area contributed by atoms with Gasteiger partial charge in [0.15, 0.2) is 0 Å². The molecule has 1 aliphatic heterocycles. The average Bonchev–Trinajstić information content (AvgIpc) is 3.24. The van der Waals surface area contributed by atoms with Crippen molar-refractivity contribution in [1.82, 2.24) is 10.2 Å². The van der Waals surface area contributed by atoms with Crippen LogP contribution in [0.1, 0.15) is 42.9 Å². The van der Waals surface area contributed by atoms with Crippen molar-refractivity contribution in [2.24, 2.45) is 0 Å². The van der Waals surface area contributed by atoms with E-state index in [9.17, 15) is 4.79 Å². The van der Waals surface area contributed by atoms with Crippen LogP contribution in [0.5, 0.6) is 5.75 Å². The summed E-state index contributed by atoms with van der Waals surface area (Å²) < 4.78 is 5.38. The van der Waals surface area contributed by atoms with Gasteiger partial charge in [-0.1, -0.05) is 42.5 Å². The third-order valence-corrected chi connectivity index (χ3v) is 5.26. The van der Waals surface area contributed by atoms with Crippen molar-refractivity contribution in [2.45, 2.75) is 38.1 Å². The first-order chi connectivity index (χ1) is 13.3. The zero-order valence-corrected chi connectivity index (χ0v) is 16.2. The molecular formula is C23H30N2O2. The van der Waals surface area contributed by atoms with Gasteiger partial charge in [-0.3, -0.25) is 9.69 Å². The molecule has 0 radical (unpaired) electrons. The smallest absolute Gasteiger partial charge is 0.220 e. The number of ether oxygens (including phenoxy) is 1. The van der Waals surface area contributed by atoms with Crippen LogP contribution in [-0.4, -0.2) is 37.6 Å². The monoisotopic (exact) mass is 366 g/mol. The molecule has 4 heteroatoms. The number of rotatable bonds is 9. The second-order valence-corrected chi connectivity index (χ2v) is 7.18. The molecule has 0 bridgehead atoms. The number of methoxy groups -OCH3 is 1. The molecule has 1 N–H and O–H groups in total. The predicted octanol–water partition coefficient (Wildman–Crippen LogP) is 3.97. The molecule has 0 spiro atoms. The van der Waals surface area contributed by atoms with Gasteiger partial charge in [0.2, 0.25) is 5.91 Å². The van der Waals surface area contributed by atoms with E-state index < -0.39 is 0 Å². The first-order valence-corrected chi connectivity index (χ1v) is 9.95. The van der Waals surface area contributed by atoms with Crippen LogP contribution in [0.2, 0.25) is 0 Å². The van der Waals surface area contributed by atoms with Crippen molar-refractivity contribution < 1.29 is 9.53 Å². The molecule has 2 aromatic rings. The van der Waals surface area contributed by atoms with Gasteiger partial charge in [-0.25, -0.2) is 0 Å². The number of likely N-dealkylation sites (tertiary alicyclic amines) is 1. The van der Waals surface area contributed by atoms with Crippen molar-refractivity contribution in [2.75, 3.05) is 26.7 Å². The van der Waals surface area contributed by atoms with E-state index in [0.29, 0.717) is 13.0 Å². The number of benzene rings is 2. The fourth-order valence-corrected chi connectivity index (χ4v) is 3.76. The Hall–Kier alpha value is -2.33. The number of hydrogen-bond acceptors (Lipinski definition) is 3. The third-order valence-electron chi connectivity index (χ3n) is 5.26. The van der Waals surface area contributed by atoms with E-state index in [1.165, 1.54) is 24.0 Å². The van der Waals surface area contributed by atoms with E-state index in [0.717, 1.165) is 31.7 Å². The second-order valence-electron chi connectivity index (χ2n) is 7.18. The molecule has 27 heavy (non-hydrogen) atoms. The lowest BCUT2D eigenvalue weighted by atomic mass is 10.0. The summed E-state index contributed by atoms with van der Waals surface area (Å²) >= 11 is 0. The summed E-state index contributed by atoms with van der Waals surface area (Å²) in [6, 6.07) is 18.8. The molecule has 1 saturated heterocycles. The molecule has 1 aliphatic rings. The van der Waals surface area contributed by atoms with E-state index in [4.69, 9.17) is 4.74 Å². The number of amides is 1. The highest BCUT2D eigenvalue weighted by Gasteiger charge is 2.24. The lowest BCUT2D eigenvalue weighted by Crippen LogP contribution is -2.36. The quantitative estimate of drug-likeness (QED) is 0.730. The van der Waals surface area contributed by atoms with Crippen molar-refractivity contribution in [3.8, 4) is 5.75 Å². The van der Waals surface area contributed by atoms with Gasteiger partial charge in [-0.05, 0) is 62.0 Å². The maximum absolute atomic E-state index is 12.4.